The summed E-state index contributed by atoms with van der Waals surface area (Å²) in [5.74, 6) is 0.795. The number of Topliss-reactive ketones (excluding diaryl/α,β-unsaturated/α-hetero) is 1. The number of aryl methyl sites for hydroxylation is 1. The molecule has 0 N–H and O–H groups in total. The monoisotopic (exact) mass is 282 g/mol. The van der Waals surface area contributed by atoms with Crippen molar-refractivity contribution >= 4 is 17.4 Å². The Morgan fingerprint density at radius 2 is 2.21 bits per heavy atom. The van der Waals surface area contributed by atoms with E-state index in [1.807, 2.05) is 13.0 Å². The molecule has 2 heterocycles. The van der Waals surface area contributed by atoms with Crippen LogP contribution >= 0.6 is 11.6 Å². The average Bonchev–Trinajstić information content (AvgIpc) is 2.97. The van der Waals surface area contributed by atoms with Gasteiger partial charge in [-0.25, -0.2) is 0 Å². The van der Waals surface area contributed by atoms with E-state index in [1.54, 1.807) is 0 Å². The van der Waals surface area contributed by atoms with Crippen LogP contribution in [-0.2, 0) is 6.54 Å². The number of alkyl halides is 1. The number of hydrogen-bond acceptors (Lipinski definition) is 2. The van der Waals surface area contributed by atoms with Crippen LogP contribution in [0.5, 0.6) is 0 Å². The Bertz CT molecular complexity index is 467. The number of carbonyl (C=O) groups excluding carboxylic acids is 1. The fourth-order valence-corrected chi connectivity index (χ4v) is 3.19. The first kappa shape index (κ1) is 14.6. The van der Waals surface area contributed by atoms with Gasteiger partial charge in [0.2, 0.25) is 0 Å². The zero-order valence-corrected chi connectivity index (χ0v) is 12.8. The predicted octanol–water partition coefficient (Wildman–Crippen LogP) is 2.87. The summed E-state index contributed by atoms with van der Waals surface area (Å²) in [5, 5.41) is 0. The maximum absolute atomic E-state index is 11.8. The summed E-state index contributed by atoms with van der Waals surface area (Å²) in [7, 11) is 0. The lowest BCUT2D eigenvalue weighted by molar-refractivity contribution is 0.102. The standard InChI is InChI=1S/C15H23ClN2O/c1-4-17-6-5-13(9-17)10-18-11(2)7-14(12(18)3)15(19)8-16/h7,13H,4-6,8-10H2,1-3H3. The van der Waals surface area contributed by atoms with Gasteiger partial charge in [-0.3, -0.25) is 4.79 Å². The van der Waals surface area contributed by atoms with E-state index in [0.717, 1.165) is 24.3 Å². The third kappa shape index (κ3) is 3.03. The molecule has 0 radical (unpaired) electrons. The van der Waals surface area contributed by atoms with E-state index in [2.05, 4.69) is 23.3 Å². The topological polar surface area (TPSA) is 25.2 Å². The Kier molecular flexibility index (Phi) is 4.69. The number of aromatic nitrogens is 1. The van der Waals surface area contributed by atoms with Gasteiger partial charge in [0.05, 0.1) is 5.88 Å². The molecule has 0 aromatic carbocycles. The lowest BCUT2D eigenvalue weighted by Gasteiger charge is -2.16. The first-order chi connectivity index (χ1) is 9.06. The predicted molar refractivity (Wildman–Crippen MR) is 79.2 cm³/mol. The van der Waals surface area contributed by atoms with Crippen molar-refractivity contribution in [1.29, 1.82) is 0 Å². The minimum atomic E-state index is 0.0302. The molecule has 4 heteroatoms. The lowest BCUT2D eigenvalue weighted by atomic mass is 10.1. The van der Waals surface area contributed by atoms with Gasteiger partial charge in [-0.05, 0) is 45.3 Å². The summed E-state index contributed by atoms with van der Waals surface area (Å²) in [4.78, 5) is 14.3. The Labute approximate surface area is 120 Å². The third-order valence-corrected chi connectivity index (χ3v) is 4.50. The van der Waals surface area contributed by atoms with Crippen molar-refractivity contribution in [3.8, 4) is 0 Å². The van der Waals surface area contributed by atoms with Crippen LogP contribution in [0.4, 0.5) is 0 Å². The molecule has 106 valence electrons. The molecule has 0 amide bonds. The van der Waals surface area contributed by atoms with E-state index in [-0.39, 0.29) is 11.7 Å². The first-order valence-corrected chi connectivity index (χ1v) is 7.58. The number of rotatable bonds is 5. The molecule has 1 aromatic rings. The molecule has 1 atom stereocenters. The Balaban J connectivity index is 2.13. The van der Waals surface area contributed by atoms with Gasteiger partial charge < -0.3 is 9.47 Å². The van der Waals surface area contributed by atoms with E-state index in [4.69, 9.17) is 11.6 Å². The second-order valence-corrected chi connectivity index (χ2v) is 5.77. The largest absolute Gasteiger partial charge is 0.348 e. The smallest absolute Gasteiger partial charge is 0.179 e. The molecule has 0 bridgehead atoms. The number of nitrogens with zero attached hydrogens (tertiary/aromatic N) is 2. The Morgan fingerprint density at radius 1 is 1.47 bits per heavy atom. The van der Waals surface area contributed by atoms with Crippen molar-refractivity contribution in [3.63, 3.8) is 0 Å². The molecule has 1 aliphatic heterocycles. The zero-order chi connectivity index (χ0) is 14.0. The molecule has 1 saturated heterocycles. The van der Waals surface area contributed by atoms with Crippen LogP contribution in [-0.4, -0.2) is 40.8 Å². The first-order valence-electron chi connectivity index (χ1n) is 7.05. The van der Waals surface area contributed by atoms with Crippen LogP contribution in [0.2, 0.25) is 0 Å². The molecule has 0 spiro atoms. The summed E-state index contributed by atoms with van der Waals surface area (Å²) in [6, 6.07) is 1.98. The van der Waals surface area contributed by atoms with Crippen molar-refractivity contribution < 1.29 is 4.79 Å². The van der Waals surface area contributed by atoms with Gasteiger partial charge in [0, 0.05) is 30.0 Å². The van der Waals surface area contributed by atoms with Gasteiger partial charge in [0.25, 0.3) is 0 Å². The summed E-state index contributed by atoms with van der Waals surface area (Å²) in [5.41, 5.74) is 3.02. The summed E-state index contributed by atoms with van der Waals surface area (Å²) >= 11 is 5.66. The van der Waals surface area contributed by atoms with Gasteiger partial charge in [-0.2, -0.15) is 0 Å². The van der Waals surface area contributed by atoms with Crippen molar-refractivity contribution in [2.45, 2.75) is 33.7 Å². The van der Waals surface area contributed by atoms with Crippen LogP contribution in [0, 0.1) is 19.8 Å². The van der Waals surface area contributed by atoms with Gasteiger partial charge >= 0.3 is 0 Å². The maximum Gasteiger partial charge on any atom is 0.179 e. The average molecular weight is 283 g/mol. The van der Waals surface area contributed by atoms with E-state index >= 15 is 0 Å². The highest BCUT2D eigenvalue weighted by molar-refractivity contribution is 6.30. The van der Waals surface area contributed by atoms with Crippen molar-refractivity contribution in [2.24, 2.45) is 5.92 Å². The summed E-state index contributed by atoms with van der Waals surface area (Å²) < 4.78 is 2.28. The minimum absolute atomic E-state index is 0.0302. The summed E-state index contributed by atoms with van der Waals surface area (Å²) in [6.45, 7) is 10.8. The molecule has 1 unspecified atom stereocenters. The van der Waals surface area contributed by atoms with Gasteiger partial charge in [-0.15, -0.1) is 11.6 Å². The molecular weight excluding hydrogens is 260 g/mol. The fraction of sp³-hybridized carbons (Fsp3) is 0.667. The maximum atomic E-state index is 11.8. The van der Waals surface area contributed by atoms with Crippen LogP contribution in [0.25, 0.3) is 0 Å². The quantitative estimate of drug-likeness (QED) is 0.613. The minimum Gasteiger partial charge on any atom is -0.348 e. The molecule has 1 aromatic heterocycles. The highest BCUT2D eigenvalue weighted by Crippen LogP contribution is 2.22. The molecule has 19 heavy (non-hydrogen) atoms. The number of likely N-dealkylation sites (tertiary alicyclic amines) is 1. The van der Waals surface area contributed by atoms with Crippen molar-refractivity contribution in [2.75, 3.05) is 25.5 Å². The van der Waals surface area contributed by atoms with Gasteiger partial charge in [0.1, 0.15) is 0 Å². The van der Waals surface area contributed by atoms with Gasteiger partial charge in [-0.1, -0.05) is 6.92 Å². The second-order valence-electron chi connectivity index (χ2n) is 5.50. The second kappa shape index (κ2) is 6.10. The SMILES string of the molecule is CCN1CCC(Cn2c(C)cc(C(=O)CCl)c2C)C1. The van der Waals surface area contributed by atoms with Crippen molar-refractivity contribution in [1.82, 2.24) is 9.47 Å². The fourth-order valence-electron chi connectivity index (χ4n) is 3.04. The highest BCUT2D eigenvalue weighted by atomic mass is 35.5. The Hall–Kier alpha value is -0.800. The normalized spacial score (nSPS) is 20.1. The van der Waals surface area contributed by atoms with Crippen LogP contribution in [0.3, 0.4) is 0 Å². The molecule has 2 rings (SSSR count). The van der Waals surface area contributed by atoms with E-state index < -0.39 is 0 Å². The zero-order valence-electron chi connectivity index (χ0n) is 12.1. The lowest BCUT2D eigenvalue weighted by Crippen LogP contribution is -2.21. The van der Waals surface area contributed by atoms with Crippen LogP contribution < -0.4 is 0 Å². The highest BCUT2D eigenvalue weighted by Gasteiger charge is 2.23. The summed E-state index contributed by atoms with van der Waals surface area (Å²) in [6.07, 6.45) is 1.25. The number of hydrogen-bond donors (Lipinski definition) is 0. The Morgan fingerprint density at radius 3 is 2.79 bits per heavy atom. The van der Waals surface area contributed by atoms with E-state index in [0.29, 0.717) is 5.92 Å². The van der Waals surface area contributed by atoms with Crippen molar-refractivity contribution in [3.05, 3.63) is 23.0 Å². The molecule has 1 aliphatic rings. The van der Waals surface area contributed by atoms with E-state index in [9.17, 15) is 4.79 Å². The number of ketones is 1. The number of carbonyl (C=O) groups is 1. The van der Waals surface area contributed by atoms with Gasteiger partial charge in [0.15, 0.2) is 5.78 Å². The molecule has 3 nitrogen and oxygen atoms in total. The van der Waals surface area contributed by atoms with Crippen LogP contribution in [0.1, 0.15) is 35.1 Å². The third-order valence-electron chi connectivity index (χ3n) is 4.25. The van der Waals surface area contributed by atoms with E-state index in [1.165, 1.54) is 25.2 Å². The van der Waals surface area contributed by atoms with Crippen LogP contribution in [0.15, 0.2) is 6.07 Å². The molecular formula is C15H23ClN2O. The number of halogens is 1. The molecule has 1 fully saturated rings. The molecule has 0 aliphatic carbocycles. The molecule has 0 saturated carbocycles.